The fourth-order valence-electron chi connectivity index (χ4n) is 1.97. The van der Waals surface area contributed by atoms with Gasteiger partial charge < -0.3 is 37.0 Å². The highest BCUT2D eigenvalue weighted by molar-refractivity contribution is 7.98. The molecule has 4 unspecified atom stereocenters. The fraction of sp³-hybridized carbons (Fsp3) is 0.667. The molecule has 0 rings (SSSR count). The van der Waals surface area contributed by atoms with Gasteiger partial charge in [-0.05, 0) is 25.4 Å². The van der Waals surface area contributed by atoms with Gasteiger partial charge in [-0.1, -0.05) is 0 Å². The zero-order valence-corrected chi connectivity index (χ0v) is 16.3. The molecule has 3 amide bonds. The summed E-state index contributed by atoms with van der Waals surface area (Å²) in [6, 6.07) is -4.05. The Labute approximate surface area is 165 Å². The Balaban J connectivity index is 5.14. The van der Waals surface area contributed by atoms with Crippen LogP contribution in [0.3, 0.4) is 0 Å². The van der Waals surface area contributed by atoms with Crippen molar-refractivity contribution < 1.29 is 39.3 Å². The van der Waals surface area contributed by atoms with Gasteiger partial charge in [0, 0.05) is 0 Å². The predicted molar refractivity (Wildman–Crippen MR) is 99.4 cm³/mol. The monoisotopic (exact) mass is 422 g/mol. The van der Waals surface area contributed by atoms with Crippen LogP contribution in [-0.2, 0) is 24.0 Å². The van der Waals surface area contributed by atoms with Gasteiger partial charge >= 0.3 is 11.9 Å². The maximum Gasteiger partial charge on any atom is 0.322 e. The number of hydrogen-bond donors (Lipinski definition) is 7. The van der Waals surface area contributed by atoms with Crippen LogP contribution in [0.1, 0.15) is 19.8 Å². The zero-order chi connectivity index (χ0) is 21.9. The molecule has 0 aromatic heterocycles. The number of carbonyl (C=O) groups is 5. The van der Waals surface area contributed by atoms with Crippen molar-refractivity contribution >= 4 is 41.4 Å². The van der Waals surface area contributed by atoms with Crippen LogP contribution < -0.4 is 21.7 Å². The molecule has 13 heteroatoms. The highest BCUT2D eigenvalue weighted by atomic mass is 32.2. The molecule has 0 aromatic carbocycles. The predicted octanol–water partition coefficient (Wildman–Crippen LogP) is -2.91. The molecule has 160 valence electrons. The first kappa shape index (κ1) is 25.6. The van der Waals surface area contributed by atoms with Crippen LogP contribution in [0.25, 0.3) is 0 Å². The lowest BCUT2D eigenvalue weighted by Gasteiger charge is -2.24. The maximum atomic E-state index is 12.4. The quantitative estimate of drug-likeness (QED) is 0.161. The lowest BCUT2D eigenvalue weighted by molar-refractivity contribution is -0.142. The van der Waals surface area contributed by atoms with Crippen molar-refractivity contribution in [2.45, 2.75) is 44.0 Å². The van der Waals surface area contributed by atoms with E-state index < -0.39 is 66.9 Å². The largest absolute Gasteiger partial charge is 0.481 e. The van der Waals surface area contributed by atoms with Gasteiger partial charge in [0.25, 0.3) is 0 Å². The third-order valence-corrected chi connectivity index (χ3v) is 4.10. The Kier molecular flexibility index (Phi) is 11.8. The van der Waals surface area contributed by atoms with E-state index in [9.17, 15) is 29.1 Å². The fourth-order valence-corrected chi connectivity index (χ4v) is 2.46. The number of carboxylic acids is 2. The molecule has 12 nitrogen and oxygen atoms in total. The summed E-state index contributed by atoms with van der Waals surface area (Å²) in [6.07, 6.45) is -0.0715. The van der Waals surface area contributed by atoms with E-state index in [4.69, 9.17) is 15.9 Å². The molecule has 0 saturated heterocycles. The number of amides is 3. The third kappa shape index (κ3) is 10.1. The second-order valence-corrected chi connectivity index (χ2v) is 6.87. The average Bonchev–Trinajstić information content (AvgIpc) is 2.60. The molecular formula is C15H26N4O8S. The van der Waals surface area contributed by atoms with Crippen LogP contribution in [0.5, 0.6) is 0 Å². The smallest absolute Gasteiger partial charge is 0.322 e. The van der Waals surface area contributed by atoms with E-state index in [1.54, 1.807) is 0 Å². The third-order valence-electron chi connectivity index (χ3n) is 3.46. The molecule has 4 atom stereocenters. The molecule has 8 N–H and O–H groups in total. The number of nitrogens with one attached hydrogen (secondary N) is 3. The minimum atomic E-state index is -1.55. The number of rotatable bonds is 13. The number of carbonyl (C=O) groups excluding carboxylic acids is 3. The van der Waals surface area contributed by atoms with E-state index in [1.165, 1.54) is 18.7 Å². The molecule has 0 saturated carbocycles. The van der Waals surface area contributed by atoms with Crippen LogP contribution >= 0.6 is 11.8 Å². The summed E-state index contributed by atoms with van der Waals surface area (Å²) in [5, 5.41) is 33.5. The minimum absolute atomic E-state index is 0.308. The molecule has 0 spiro atoms. The van der Waals surface area contributed by atoms with Gasteiger partial charge in [0.2, 0.25) is 17.7 Å². The Morgan fingerprint density at radius 2 is 1.61 bits per heavy atom. The lowest BCUT2D eigenvalue weighted by atomic mass is 10.1. The molecule has 0 aromatic rings. The minimum Gasteiger partial charge on any atom is -0.481 e. The number of nitrogens with two attached hydrogens (primary N) is 1. The van der Waals surface area contributed by atoms with Crippen molar-refractivity contribution in [2.75, 3.05) is 18.6 Å². The first-order chi connectivity index (χ1) is 13.0. The van der Waals surface area contributed by atoms with E-state index in [2.05, 4.69) is 10.6 Å². The summed E-state index contributed by atoms with van der Waals surface area (Å²) in [5.74, 6) is -4.90. The van der Waals surface area contributed by atoms with Gasteiger partial charge in [0.15, 0.2) is 0 Å². The van der Waals surface area contributed by atoms with Gasteiger partial charge in [-0.2, -0.15) is 11.8 Å². The number of aliphatic hydroxyl groups excluding tert-OH is 1. The lowest BCUT2D eigenvalue weighted by Crippen LogP contribution is -2.59. The van der Waals surface area contributed by atoms with E-state index >= 15 is 0 Å². The Bertz CT molecular complexity index is 586. The van der Waals surface area contributed by atoms with Crippen molar-refractivity contribution in [1.82, 2.24) is 16.0 Å². The van der Waals surface area contributed by atoms with Gasteiger partial charge in [0.05, 0.1) is 18.6 Å². The van der Waals surface area contributed by atoms with Crippen molar-refractivity contribution in [1.29, 1.82) is 0 Å². The van der Waals surface area contributed by atoms with Crippen molar-refractivity contribution in [3.05, 3.63) is 0 Å². The SMILES string of the molecule is CSCCC(N)C(=O)NC(CC(=O)O)C(=O)NC(C(=O)NCC(=O)O)C(C)O. The highest BCUT2D eigenvalue weighted by Gasteiger charge is 2.31. The number of aliphatic carboxylic acids is 2. The summed E-state index contributed by atoms with van der Waals surface area (Å²) in [4.78, 5) is 57.9. The maximum absolute atomic E-state index is 12.4. The normalized spacial score (nSPS) is 14.9. The molecule has 28 heavy (non-hydrogen) atoms. The zero-order valence-electron chi connectivity index (χ0n) is 15.5. The molecule has 0 aliphatic carbocycles. The standard InChI is InChI=1S/C15H26N4O8S/c1-7(20)12(15(27)17-6-11(23)24)19-14(26)9(5-10(21)22)18-13(25)8(16)3-4-28-2/h7-9,12,20H,3-6,16H2,1-2H3,(H,17,27)(H,18,25)(H,19,26)(H,21,22)(H,23,24). The number of aliphatic hydroxyl groups is 1. The number of hydrogen-bond acceptors (Lipinski definition) is 8. The second-order valence-electron chi connectivity index (χ2n) is 5.89. The van der Waals surface area contributed by atoms with Crippen LogP contribution in [0.15, 0.2) is 0 Å². The van der Waals surface area contributed by atoms with Crippen LogP contribution in [0.2, 0.25) is 0 Å². The van der Waals surface area contributed by atoms with E-state index in [0.29, 0.717) is 12.2 Å². The van der Waals surface area contributed by atoms with Crippen molar-refractivity contribution in [3.63, 3.8) is 0 Å². The molecular weight excluding hydrogens is 396 g/mol. The van der Waals surface area contributed by atoms with Gasteiger partial charge in [0.1, 0.15) is 18.6 Å². The molecule has 0 aliphatic heterocycles. The van der Waals surface area contributed by atoms with Crippen molar-refractivity contribution in [2.24, 2.45) is 5.73 Å². The van der Waals surface area contributed by atoms with Gasteiger partial charge in [-0.25, -0.2) is 0 Å². The summed E-state index contributed by atoms with van der Waals surface area (Å²) in [6.45, 7) is 0.436. The highest BCUT2D eigenvalue weighted by Crippen LogP contribution is 2.02. The second kappa shape index (κ2) is 12.9. The molecule has 0 heterocycles. The average molecular weight is 422 g/mol. The summed E-state index contributed by atoms with van der Waals surface area (Å²) < 4.78 is 0. The van der Waals surface area contributed by atoms with Crippen LogP contribution in [0.4, 0.5) is 0 Å². The van der Waals surface area contributed by atoms with E-state index in [-0.39, 0.29) is 0 Å². The topological polar surface area (TPSA) is 208 Å². The molecule has 0 bridgehead atoms. The van der Waals surface area contributed by atoms with Crippen molar-refractivity contribution in [3.8, 4) is 0 Å². The van der Waals surface area contributed by atoms with Crippen LogP contribution in [-0.4, -0.2) is 87.8 Å². The van der Waals surface area contributed by atoms with Gasteiger partial charge in [-0.15, -0.1) is 0 Å². The Morgan fingerprint density at radius 1 is 1.00 bits per heavy atom. The first-order valence-electron chi connectivity index (χ1n) is 8.24. The molecule has 0 aliphatic rings. The summed E-state index contributed by atoms with van der Waals surface area (Å²) >= 11 is 1.46. The van der Waals surface area contributed by atoms with E-state index in [1.807, 2.05) is 11.6 Å². The number of carboxylic acid groups (broad SMARTS) is 2. The molecule has 0 fully saturated rings. The van der Waals surface area contributed by atoms with Gasteiger partial charge in [-0.3, -0.25) is 24.0 Å². The summed E-state index contributed by atoms with van der Waals surface area (Å²) in [7, 11) is 0. The Morgan fingerprint density at radius 3 is 2.07 bits per heavy atom. The number of thioether (sulfide) groups is 1. The van der Waals surface area contributed by atoms with E-state index in [0.717, 1.165) is 0 Å². The molecule has 0 radical (unpaired) electrons. The summed E-state index contributed by atoms with van der Waals surface area (Å²) in [5.41, 5.74) is 5.68. The Hall–Kier alpha value is -2.38. The first-order valence-corrected chi connectivity index (χ1v) is 9.63. The van der Waals surface area contributed by atoms with Crippen LogP contribution in [0, 0.1) is 0 Å².